The quantitative estimate of drug-likeness (QED) is 0.371. The van der Waals surface area contributed by atoms with E-state index in [-0.39, 0.29) is 11.3 Å². The third kappa shape index (κ3) is 5.27. The largest absolute Gasteiger partial charge is 0.478 e. The molecule has 4 rings (SSSR count). The molecule has 9 nitrogen and oxygen atoms in total. The highest BCUT2D eigenvalue weighted by atomic mass is 16.6. The number of aromatic carboxylic acids is 1. The number of carboxylic acid groups (broad SMARTS) is 1. The molecule has 2 aromatic rings. The van der Waals surface area contributed by atoms with Crippen molar-refractivity contribution in [1.29, 1.82) is 0 Å². The van der Waals surface area contributed by atoms with Crippen LogP contribution in [0.2, 0.25) is 0 Å². The Morgan fingerprint density at radius 3 is 2.70 bits per heavy atom. The molecular formula is C24H24N4O5. The highest BCUT2D eigenvalue weighted by molar-refractivity contribution is 5.94. The fourth-order valence-corrected chi connectivity index (χ4v) is 4.05. The number of morpholine rings is 1. The number of nitrogens with one attached hydrogen (secondary N) is 1. The van der Waals surface area contributed by atoms with Gasteiger partial charge in [0.2, 0.25) is 0 Å². The van der Waals surface area contributed by atoms with Crippen molar-refractivity contribution in [2.75, 3.05) is 31.7 Å². The van der Waals surface area contributed by atoms with E-state index < -0.39 is 10.9 Å². The molecule has 1 fully saturated rings. The van der Waals surface area contributed by atoms with Crippen LogP contribution in [-0.2, 0) is 4.74 Å². The SMILES string of the molecule is O=C(O)c1ccccc1NN=CC1=C(N2CCOCC2)C(=Cc2cccc([N+](=O)[O-])c2)CC1. The molecule has 0 saturated carbocycles. The number of allylic oxidation sites excluding steroid dienone is 2. The van der Waals surface area contributed by atoms with Crippen LogP contribution in [-0.4, -0.2) is 53.4 Å². The second-order valence-corrected chi connectivity index (χ2v) is 7.72. The first-order valence-electron chi connectivity index (χ1n) is 10.7. The lowest BCUT2D eigenvalue weighted by Gasteiger charge is -2.31. The van der Waals surface area contributed by atoms with Gasteiger partial charge in [-0.05, 0) is 47.8 Å². The zero-order valence-corrected chi connectivity index (χ0v) is 17.9. The van der Waals surface area contributed by atoms with E-state index in [0.717, 1.165) is 48.3 Å². The summed E-state index contributed by atoms with van der Waals surface area (Å²) in [5.41, 5.74) is 7.41. The Bertz CT molecular complexity index is 1150. The van der Waals surface area contributed by atoms with Crippen molar-refractivity contribution >= 4 is 29.6 Å². The third-order valence-electron chi connectivity index (χ3n) is 5.58. The summed E-state index contributed by atoms with van der Waals surface area (Å²) < 4.78 is 5.50. The summed E-state index contributed by atoms with van der Waals surface area (Å²) in [7, 11) is 0. The lowest BCUT2D eigenvalue weighted by Crippen LogP contribution is -2.36. The Kier molecular flexibility index (Phi) is 6.80. The van der Waals surface area contributed by atoms with Gasteiger partial charge in [-0.3, -0.25) is 15.5 Å². The summed E-state index contributed by atoms with van der Waals surface area (Å²) in [6, 6.07) is 13.2. The smallest absolute Gasteiger partial charge is 0.337 e. The van der Waals surface area contributed by atoms with Gasteiger partial charge in [0.15, 0.2) is 0 Å². The van der Waals surface area contributed by atoms with Crippen LogP contribution in [0.5, 0.6) is 0 Å². The van der Waals surface area contributed by atoms with Gasteiger partial charge < -0.3 is 14.7 Å². The lowest BCUT2D eigenvalue weighted by molar-refractivity contribution is -0.384. The van der Waals surface area contributed by atoms with Crippen molar-refractivity contribution in [3.8, 4) is 0 Å². The highest BCUT2D eigenvalue weighted by Gasteiger charge is 2.25. The van der Waals surface area contributed by atoms with Gasteiger partial charge in [-0.1, -0.05) is 24.3 Å². The Labute approximate surface area is 190 Å². The zero-order valence-electron chi connectivity index (χ0n) is 17.9. The first kappa shape index (κ1) is 22.2. The second-order valence-electron chi connectivity index (χ2n) is 7.72. The van der Waals surface area contributed by atoms with E-state index in [1.807, 2.05) is 12.1 Å². The molecule has 0 atom stereocenters. The first-order valence-corrected chi connectivity index (χ1v) is 10.7. The predicted molar refractivity (Wildman–Crippen MR) is 125 cm³/mol. The highest BCUT2D eigenvalue weighted by Crippen LogP contribution is 2.35. The van der Waals surface area contributed by atoms with Gasteiger partial charge in [0.1, 0.15) is 0 Å². The van der Waals surface area contributed by atoms with Crippen LogP contribution in [0.3, 0.4) is 0 Å². The van der Waals surface area contributed by atoms with Crippen LogP contribution in [0.4, 0.5) is 11.4 Å². The van der Waals surface area contributed by atoms with Gasteiger partial charge in [0, 0.05) is 30.9 Å². The maximum absolute atomic E-state index is 11.4. The number of benzene rings is 2. The summed E-state index contributed by atoms with van der Waals surface area (Å²) in [6.07, 6.45) is 5.27. The molecule has 2 N–H and O–H groups in total. The summed E-state index contributed by atoms with van der Waals surface area (Å²) in [5, 5.41) is 24.8. The monoisotopic (exact) mass is 448 g/mol. The zero-order chi connectivity index (χ0) is 23.2. The van der Waals surface area contributed by atoms with E-state index in [9.17, 15) is 20.0 Å². The fourth-order valence-electron chi connectivity index (χ4n) is 4.05. The molecule has 9 heteroatoms. The molecule has 0 aromatic heterocycles. The van der Waals surface area contributed by atoms with Crippen molar-refractivity contribution in [3.63, 3.8) is 0 Å². The van der Waals surface area contributed by atoms with Gasteiger partial charge >= 0.3 is 5.97 Å². The number of hydrogen-bond donors (Lipinski definition) is 2. The number of ether oxygens (including phenoxy) is 1. The minimum absolute atomic E-state index is 0.0577. The average Bonchev–Trinajstić information content (AvgIpc) is 3.22. The molecule has 33 heavy (non-hydrogen) atoms. The molecule has 0 spiro atoms. The van der Waals surface area contributed by atoms with Crippen LogP contribution in [0.1, 0.15) is 28.8 Å². The van der Waals surface area contributed by atoms with Crippen molar-refractivity contribution in [2.24, 2.45) is 5.10 Å². The number of anilines is 1. The molecule has 2 aromatic carbocycles. The molecular weight excluding hydrogens is 424 g/mol. The van der Waals surface area contributed by atoms with Crippen molar-refractivity contribution in [1.82, 2.24) is 4.90 Å². The molecule has 0 amide bonds. The molecule has 170 valence electrons. The Morgan fingerprint density at radius 2 is 1.94 bits per heavy atom. The number of rotatable bonds is 7. The van der Waals surface area contributed by atoms with Crippen LogP contribution in [0.25, 0.3) is 6.08 Å². The maximum atomic E-state index is 11.4. The maximum Gasteiger partial charge on any atom is 0.337 e. The fraction of sp³-hybridized carbons (Fsp3) is 0.250. The predicted octanol–water partition coefficient (Wildman–Crippen LogP) is 4.15. The van der Waals surface area contributed by atoms with Crippen LogP contribution >= 0.6 is 0 Å². The van der Waals surface area contributed by atoms with E-state index in [0.29, 0.717) is 18.9 Å². The molecule has 0 radical (unpaired) electrons. The van der Waals surface area contributed by atoms with E-state index in [4.69, 9.17) is 4.74 Å². The van der Waals surface area contributed by atoms with E-state index in [2.05, 4.69) is 15.4 Å². The summed E-state index contributed by atoms with van der Waals surface area (Å²) in [4.78, 5) is 24.4. The van der Waals surface area contributed by atoms with Crippen molar-refractivity contribution in [2.45, 2.75) is 12.8 Å². The Balaban J connectivity index is 1.64. The van der Waals surface area contributed by atoms with E-state index in [1.54, 1.807) is 36.5 Å². The number of nitrogens with zero attached hydrogens (tertiary/aromatic N) is 3. The Hall–Kier alpha value is -3.98. The normalized spacial score (nSPS) is 17.7. The number of hydrogen-bond acceptors (Lipinski definition) is 7. The van der Waals surface area contributed by atoms with Crippen LogP contribution < -0.4 is 5.43 Å². The molecule has 2 aliphatic rings. The standard InChI is InChI=1S/C24H24N4O5/c29-24(30)21-6-1-2-7-22(21)26-25-16-19-9-8-18(23(19)27-10-12-33-13-11-27)14-17-4-3-5-20(15-17)28(31)32/h1-7,14-16,26H,8-13H2,(H,29,30). The van der Waals surface area contributed by atoms with Crippen molar-refractivity contribution < 1.29 is 19.6 Å². The van der Waals surface area contributed by atoms with Crippen LogP contribution in [0.15, 0.2) is 70.5 Å². The number of nitro benzene ring substituents is 1. The van der Waals surface area contributed by atoms with Gasteiger partial charge in [-0.25, -0.2) is 4.79 Å². The molecule has 1 saturated heterocycles. The number of nitro groups is 1. The first-order chi connectivity index (χ1) is 16.0. The molecule has 1 aliphatic heterocycles. The molecule has 0 bridgehead atoms. The lowest BCUT2D eigenvalue weighted by atomic mass is 10.1. The number of carboxylic acids is 1. The second kappa shape index (κ2) is 10.1. The molecule has 1 aliphatic carbocycles. The van der Waals surface area contributed by atoms with Gasteiger partial charge in [-0.15, -0.1) is 0 Å². The van der Waals surface area contributed by atoms with Gasteiger partial charge in [-0.2, -0.15) is 5.10 Å². The third-order valence-corrected chi connectivity index (χ3v) is 5.58. The summed E-state index contributed by atoms with van der Waals surface area (Å²) in [5.74, 6) is -1.02. The van der Waals surface area contributed by atoms with E-state index in [1.165, 1.54) is 12.1 Å². The minimum atomic E-state index is -1.02. The minimum Gasteiger partial charge on any atom is -0.478 e. The summed E-state index contributed by atoms with van der Waals surface area (Å²) >= 11 is 0. The number of hydrazone groups is 1. The van der Waals surface area contributed by atoms with Gasteiger partial charge in [0.05, 0.1) is 35.6 Å². The number of non-ortho nitro benzene ring substituents is 1. The van der Waals surface area contributed by atoms with Gasteiger partial charge in [0.25, 0.3) is 5.69 Å². The average molecular weight is 448 g/mol. The van der Waals surface area contributed by atoms with Crippen molar-refractivity contribution in [3.05, 3.63) is 86.6 Å². The molecule has 1 heterocycles. The van der Waals surface area contributed by atoms with Crippen LogP contribution in [0, 0.1) is 10.1 Å². The topological polar surface area (TPSA) is 117 Å². The number of para-hydroxylation sites is 1. The number of carbonyl (C=O) groups is 1. The summed E-state index contributed by atoms with van der Waals surface area (Å²) in [6.45, 7) is 2.74. The Morgan fingerprint density at radius 1 is 1.15 bits per heavy atom. The molecule has 0 unspecified atom stereocenters. The van der Waals surface area contributed by atoms with E-state index >= 15 is 0 Å².